The van der Waals surface area contributed by atoms with Gasteiger partial charge in [-0.25, -0.2) is 0 Å². The van der Waals surface area contributed by atoms with Gasteiger partial charge in [-0.3, -0.25) is 23.9 Å². The van der Waals surface area contributed by atoms with Crippen LogP contribution in [0.15, 0.2) is 58.5 Å². The number of aryl methyl sites for hydroxylation is 3. The number of methoxy groups -OCH3 is 1. The van der Waals surface area contributed by atoms with Crippen molar-refractivity contribution in [2.45, 2.75) is 53.0 Å². The molecule has 2 atom stereocenters. The third kappa shape index (κ3) is 5.67. The van der Waals surface area contributed by atoms with Gasteiger partial charge in [-0.1, -0.05) is 47.5 Å². The highest BCUT2D eigenvalue weighted by Gasteiger charge is 2.36. The quantitative estimate of drug-likeness (QED) is 0.132. The summed E-state index contributed by atoms with van der Waals surface area (Å²) >= 11 is 16.0. The molecule has 6 heterocycles. The number of benzene rings is 2. The van der Waals surface area contributed by atoms with Crippen LogP contribution in [-0.4, -0.2) is 61.3 Å². The molecule has 8 rings (SSSR count). The van der Waals surface area contributed by atoms with E-state index in [0.29, 0.717) is 21.7 Å². The van der Waals surface area contributed by atoms with Gasteiger partial charge < -0.3 is 4.74 Å². The number of halogens is 2. The van der Waals surface area contributed by atoms with Gasteiger partial charge in [0.2, 0.25) is 7.28 Å². The van der Waals surface area contributed by atoms with Crippen LogP contribution in [0, 0.1) is 34.6 Å². The maximum absolute atomic E-state index is 12.6. The molecule has 10 nitrogen and oxygen atoms in total. The Balaban J connectivity index is 1.33. The number of thiophene rings is 2. The van der Waals surface area contributed by atoms with Crippen molar-refractivity contribution in [1.29, 1.82) is 0 Å². The number of hydrogen-bond donors (Lipinski definition) is 0. The summed E-state index contributed by atoms with van der Waals surface area (Å²) in [6.07, 6.45) is 0.0149. The smallest absolute Gasteiger partial charge is 0.308 e. The van der Waals surface area contributed by atoms with Crippen molar-refractivity contribution >= 4 is 75.3 Å². The van der Waals surface area contributed by atoms with Crippen molar-refractivity contribution in [3.05, 3.63) is 120 Å². The summed E-state index contributed by atoms with van der Waals surface area (Å²) < 4.78 is 10.2. The molecule has 0 unspecified atom stereocenters. The summed E-state index contributed by atoms with van der Waals surface area (Å²) in [7, 11) is 3.54. The van der Waals surface area contributed by atoms with E-state index in [1.165, 1.54) is 17.6 Å². The first-order valence-electron chi connectivity index (χ1n) is 16.2. The van der Waals surface area contributed by atoms with E-state index in [-0.39, 0.29) is 12.4 Å². The Kier molecular flexibility index (Phi) is 8.57. The summed E-state index contributed by atoms with van der Waals surface area (Å²) in [5, 5.41) is 21.4. The van der Waals surface area contributed by atoms with Crippen LogP contribution in [0.4, 0.5) is 0 Å². The van der Waals surface area contributed by atoms with Crippen LogP contribution in [0.25, 0.3) is 10.0 Å². The van der Waals surface area contributed by atoms with Crippen LogP contribution in [0.3, 0.4) is 0 Å². The first-order chi connectivity index (χ1) is 24.5. The summed E-state index contributed by atoms with van der Waals surface area (Å²) in [4.78, 5) is 24.5. The number of esters is 1. The lowest BCUT2D eigenvalue weighted by Crippen LogP contribution is -2.24. The maximum Gasteiger partial charge on any atom is 0.308 e. The molecule has 0 saturated carbocycles. The molecule has 0 spiro atoms. The molecule has 0 bridgehead atoms. The second kappa shape index (κ2) is 13.0. The van der Waals surface area contributed by atoms with Crippen LogP contribution in [-0.2, 0) is 9.53 Å². The fourth-order valence-corrected chi connectivity index (χ4v) is 9.44. The van der Waals surface area contributed by atoms with Gasteiger partial charge in [-0.2, -0.15) is 0 Å². The third-order valence-electron chi connectivity index (χ3n) is 9.36. The van der Waals surface area contributed by atoms with Gasteiger partial charge in [-0.05, 0) is 74.8 Å². The van der Waals surface area contributed by atoms with Gasteiger partial charge in [0, 0.05) is 37.2 Å². The topological polar surface area (TPSA) is 112 Å². The Morgan fingerprint density at radius 1 is 0.745 bits per heavy atom. The number of rotatable bonds is 6. The zero-order valence-corrected chi connectivity index (χ0v) is 31.7. The molecule has 2 aliphatic rings. The molecule has 1 radical (unpaired) electrons. The van der Waals surface area contributed by atoms with Crippen molar-refractivity contribution < 1.29 is 9.53 Å². The van der Waals surface area contributed by atoms with Crippen LogP contribution >= 0.6 is 45.9 Å². The van der Waals surface area contributed by atoms with Crippen molar-refractivity contribution in [2.24, 2.45) is 9.98 Å². The molecule has 0 aliphatic carbocycles. The average Bonchev–Trinajstić information content (AvgIpc) is 3.81. The molecular weight excluding hydrogens is 722 g/mol. The summed E-state index contributed by atoms with van der Waals surface area (Å²) in [6, 6.07) is 14.8. The maximum atomic E-state index is 12.6. The lowest BCUT2D eigenvalue weighted by atomic mass is 9.66. The molecule has 2 aromatic carbocycles. The molecule has 15 heteroatoms. The lowest BCUT2D eigenvalue weighted by Gasteiger charge is -2.13. The Labute approximate surface area is 313 Å². The Morgan fingerprint density at radius 3 is 1.88 bits per heavy atom. The number of aromatic nitrogens is 6. The van der Waals surface area contributed by atoms with Gasteiger partial charge in [-0.15, -0.1) is 43.1 Å². The monoisotopic (exact) mass is 751 g/mol. The minimum absolute atomic E-state index is 0.0149. The Bertz CT molecular complexity index is 2430. The first kappa shape index (κ1) is 33.7. The molecule has 255 valence electrons. The van der Waals surface area contributed by atoms with E-state index in [2.05, 4.69) is 47.9 Å². The van der Waals surface area contributed by atoms with E-state index in [1.807, 2.05) is 66.9 Å². The number of ether oxygens (including phenoxy) is 1. The number of carbonyl (C=O) groups excluding carboxylic acids is 1. The van der Waals surface area contributed by atoms with E-state index in [4.69, 9.17) is 43.0 Å². The van der Waals surface area contributed by atoms with E-state index < -0.39 is 12.0 Å². The van der Waals surface area contributed by atoms with Gasteiger partial charge in [0.05, 0.1) is 30.9 Å². The van der Waals surface area contributed by atoms with Crippen LogP contribution in [0.2, 0.25) is 10.0 Å². The number of aliphatic imine (C=N–C) groups is 2. The van der Waals surface area contributed by atoms with Gasteiger partial charge >= 0.3 is 5.97 Å². The minimum Gasteiger partial charge on any atom is -0.469 e. The molecule has 51 heavy (non-hydrogen) atoms. The third-order valence-corrected chi connectivity index (χ3v) is 12.3. The van der Waals surface area contributed by atoms with E-state index in [0.717, 1.165) is 65.7 Å². The average molecular weight is 753 g/mol. The fourth-order valence-electron chi connectivity index (χ4n) is 6.65. The van der Waals surface area contributed by atoms with Crippen molar-refractivity contribution in [3.63, 3.8) is 0 Å². The van der Waals surface area contributed by atoms with E-state index >= 15 is 0 Å². The first-order valence-corrected chi connectivity index (χ1v) is 18.6. The lowest BCUT2D eigenvalue weighted by molar-refractivity contribution is -0.141. The molecule has 6 aromatic rings. The second-order valence-electron chi connectivity index (χ2n) is 12.5. The number of carbonyl (C=O) groups is 1. The molecular formula is C36H30BCl2N8O2S2. The normalized spacial score (nSPS) is 16.2. The predicted octanol–water partition coefficient (Wildman–Crippen LogP) is 7.15. The van der Waals surface area contributed by atoms with Crippen molar-refractivity contribution in [3.8, 4) is 10.0 Å². The number of fused-ring (bicyclic) bond motifs is 6. The summed E-state index contributed by atoms with van der Waals surface area (Å²) in [5.41, 5.74) is 7.59. The molecule has 0 fully saturated rings. The van der Waals surface area contributed by atoms with E-state index in [9.17, 15) is 4.79 Å². The molecule has 4 aromatic heterocycles. The predicted molar refractivity (Wildman–Crippen MR) is 204 cm³/mol. The van der Waals surface area contributed by atoms with Gasteiger partial charge in [0.25, 0.3) is 0 Å². The highest BCUT2D eigenvalue weighted by atomic mass is 35.5. The minimum atomic E-state index is -0.614. The zero-order valence-electron chi connectivity index (χ0n) is 28.5. The highest BCUT2D eigenvalue weighted by Crippen LogP contribution is 2.40. The Morgan fingerprint density at radius 2 is 1.27 bits per heavy atom. The fraction of sp³-hybridized carbons (Fsp3) is 0.250. The highest BCUT2D eigenvalue weighted by molar-refractivity contribution is 7.24. The van der Waals surface area contributed by atoms with Crippen LogP contribution in [0.5, 0.6) is 0 Å². The van der Waals surface area contributed by atoms with Crippen LogP contribution in [0.1, 0.15) is 80.0 Å². The summed E-state index contributed by atoms with van der Waals surface area (Å²) in [6.45, 7) is 10.3. The largest absolute Gasteiger partial charge is 0.469 e. The standard InChI is InChI=1S/C36H30BCl2N8O2S2/c1-16-18(3)50-35-27(16)30(22-9-13-24(39)14-10-22)41-31(34-45-43-20(5)47(34)35)37-32-17(2)28-29(21-7-11-23(38)12-8-21)40-25(15-26(48)49-6)33-44-42-19(4)46(33)36(28)51-32/h7-14,25,31H,15H2,1-6H3/t25-,31+/m0/s1. The molecule has 0 N–H and O–H groups in total. The van der Waals surface area contributed by atoms with Crippen molar-refractivity contribution in [2.75, 3.05) is 7.11 Å². The molecule has 0 amide bonds. The number of nitrogens with zero attached hydrogens (tertiary/aromatic N) is 8. The summed E-state index contributed by atoms with van der Waals surface area (Å²) in [5.74, 6) is 1.90. The van der Waals surface area contributed by atoms with Crippen LogP contribution < -0.4 is 4.78 Å². The van der Waals surface area contributed by atoms with E-state index in [1.54, 1.807) is 22.7 Å². The van der Waals surface area contributed by atoms with Gasteiger partial charge in [0.15, 0.2) is 11.6 Å². The Hall–Kier alpha value is -4.43. The molecule has 2 aliphatic heterocycles. The second-order valence-corrected chi connectivity index (χ2v) is 15.6. The number of hydrogen-bond acceptors (Lipinski definition) is 10. The molecule has 0 saturated heterocycles. The van der Waals surface area contributed by atoms with Gasteiger partial charge in [0.1, 0.15) is 27.7 Å². The zero-order chi connectivity index (χ0) is 35.7. The van der Waals surface area contributed by atoms with Crippen molar-refractivity contribution in [1.82, 2.24) is 29.5 Å². The SMILES string of the molecule is COC(=O)C[C@@H]1N=C(c2ccc(Cl)cc2)c2c(sc([B][C@@H]3N=C(c4ccc(Cl)cc4)c4c(sc(C)c4C)-n4c(C)nnc43)c2C)-n2c(C)nnc21.